The molecular formula is C18H23N3O3. The van der Waals surface area contributed by atoms with Gasteiger partial charge in [0.15, 0.2) is 0 Å². The molecule has 0 radical (unpaired) electrons. The van der Waals surface area contributed by atoms with Crippen molar-refractivity contribution in [3.8, 4) is 11.4 Å². The van der Waals surface area contributed by atoms with E-state index in [-0.39, 0.29) is 18.1 Å². The summed E-state index contributed by atoms with van der Waals surface area (Å²) >= 11 is 0. The molecule has 24 heavy (non-hydrogen) atoms. The lowest BCUT2D eigenvalue weighted by molar-refractivity contribution is -0.0586. The van der Waals surface area contributed by atoms with Gasteiger partial charge >= 0.3 is 0 Å². The molecule has 6 heteroatoms. The van der Waals surface area contributed by atoms with Crippen LogP contribution in [0.25, 0.3) is 5.69 Å². The van der Waals surface area contributed by atoms with Crippen LogP contribution in [-0.4, -0.2) is 53.0 Å². The van der Waals surface area contributed by atoms with Gasteiger partial charge in [0.05, 0.1) is 36.8 Å². The summed E-state index contributed by atoms with van der Waals surface area (Å²) in [5, 5.41) is 4.41. The number of hydrogen-bond donors (Lipinski definition) is 0. The number of nitrogens with zero attached hydrogens (tertiary/aromatic N) is 3. The third kappa shape index (κ3) is 3.01. The number of ether oxygens (including phenoxy) is 2. The Hall–Kier alpha value is -2.34. The van der Waals surface area contributed by atoms with Crippen LogP contribution in [0.4, 0.5) is 0 Å². The zero-order chi connectivity index (χ0) is 17.3. The standard InChI is InChI=1S/C18H23N3O3/c1-12-10-20(11-13(2)24-12)18(22)15-9-19-21(14(15)3)16-7-5-6-8-17(16)23-4/h5-9,12-13H,10-11H2,1-4H3/t12-,13+. The first-order chi connectivity index (χ1) is 11.5. The fourth-order valence-corrected chi connectivity index (χ4v) is 3.18. The van der Waals surface area contributed by atoms with Gasteiger partial charge in [-0.1, -0.05) is 12.1 Å². The second kappa shape index (κ2) is 6.65. The Labute approximate surface area is 142 Å². The molecule has 3 rings (SSSR count). The predicted molar refractivity (Wildman–Crippen MR) is 90.8 cm³/mol. The lowest BCUT2D eigenvalue weighted by Gasteiger charge is -2.35. The Kier molecular flexibility index (Phi) is 4.57. The molecule has 2 heterocycles. The molecule has 0 spiro atoms. The largest absolute Gasteiger partial charge is 0.494 e. The maximum Gasteiger partial charge on any atom is 0.257 e. The van der Waals surface area contributed by atoms with E-state index in [4.69, 9.17) is 9.47 Å². The monoisotopic (exact) mass is 329 g/mol. The van der Waals surface area contributed by atoms with Crippen molar-refractivity contribution in [2.75, 3.05) is 20.2 Å². The summed E-state index contributed by atoms with van der Waals surface area (Å²) in [6.45, 7) is 7.08. The summed E-state index contributed by atoms with van der Waals surface area (Å²) in [4.78, 5) is 14.7. The Balaban J connectivity index is 1.91. The summed E-state index contributed by atoms with van der Waals surface area (Å²) < 4.78 is 12.9. The molecular weight excluding hydrogens is 306 g/mol. The Morgan fingerprint density at radius 3 is 2.58 bits per heavy atom. The molecule has 0 unspecified atom stereocenters. The van der Waals surface area contributed by atoms with Crippen LogP contribution < -0.4 is 4.74 Å². The van der Waals surface area contributed by atoms with E-state index in [0.29, 0.717) is 18.7 Å². The summed E-state index contributed by atoms with van der Waals surface area (Å²) in [5.41, 5.74) is 2.23. The van der Waals surface area contributed by atoms with Crippen molar-refractivity contribution < 1.29 is 14.3 Å². The maximum absolute atomic E-state index is 12.9. The fraction of sp³-hybridized carbons (Fsp3) is 0.444. The highest BCUT2D eigenvalue weighted by Gasteiger charge is 2.28. The van der Waals surface area contributed by atoms with E-state index in [2.05, 4.69) is 5.10 Å². The molecule has 1 aliphatic heterocycles. The maximum atomic E-state index is 12.9. The molecule has 128 valence electrons. The number of amides is 1. The molecule has 6 nitrogen and oxygen atoms in total. The highest BCUT2D eigenvalue weighted by molar-refractivity contribution is 5.95. The van der Waals surface area contributed by atoms with Crippen LogP contribution in [0, 0.1) is 6.92 Å². The van der Waals surface area contributed by atoms with Crippen molar-refractivity contribution >= 4 is 5.91 Å². The normalized spacial score (nSPS) is 20.9. The van der Waals surface area contributed by atoms with Gasteiger partial charge in [0.2, 0.25) is 0 Å². The number of hydrogen-bond acceptors (Lipinski definition) is 4. The molecule has 1 aromatic carbocycles. The van der Waals surface area contributed by atoms with E-state index in [1.807, 2.05) is 49.9 Å². The van der Waals surface area contributed by atoms with Crippen LogP contribution in [0.2, 0.25) is 0 Å². The topological polar surface area (TPSA) is 56.6 Å². The van der Waals surface area contributed by atoms with E-state index in [1.54, 1.807) is 18.0 Å². The number of carbonyl (C=O) groups excluding carboxylic acids is 1. The van der Waals surface area contributed by atoms with Crippen LogP contribution in [0.3, 0.4) is 0 Å². The van der Waals surface area contributed by atoms with Gasteiger partial charge in [0, 0.05) is 13.1 Å². The summed E-state index contributed by atoms with van der Waals surface area (Å²) in [5.74, 6) is 0.715. The molecule has 2 aromatic rings. The molecule has 1 fully saturated rings. The molecule has 1 saturated heterocycles. The number of morpholine rings is 1. The van der Waals surface area contributed by atoms with Gasteiger partial charge in [-0.2, -0.15) is 5.10 Å². The van der Waals surface area contributed by atoms with Gasteiger partial charge in [-0.05, 0) is 32.9 Å². The van der Waals surface area contributed by atoms with Crippen molar-refractivity contribution in [3.63, 3.8) is 0 Å². The highest BCUT2D eigenvalue weighted by atomic mass is 16.5. The average molecular weight is 329 g/mol. The molecule has 0 saturated carbocycles. The first kappa shape index (κ1) is 16.5. The summed E-state index contributed by atoms with van der Waals surface area (Å²) in [7, 11) is 1.63. The Bertz CT molecular complexity index is 731. The van der Waals surface area contributed by atoms with Crippen LogP contribution >= 0.6 is 0 Å². The Morgan fingerprint density at radius 1 is 1.25 bits per heavy atom. The minimum atomic E-state index is -0.00403. The molecule has 1 aliphatic rings. The summed E-state index contributed by atoms with van der Waals surface area (Å²) in [6, 6.07) is 7.63. The summed E-state index contributed by atoms with van der Waals surface area (Å²) in [6.07, 6.45) is 1.72. The van der Waals surface area contributed by atoms with Crippen LogP contribution in [-0.2, 0) is 4.74 Å². The van der Waals surface area contributed by atoms with E-state index < -0.39 is 0 Å². The lowest BCUT2D eigenvalue weighted by atomic mass is 10.1. The number of methoxy groups -OCH3 is 1. The number of carbonyl (C=O) groups is 1. The molecule has 0 N–H and O–H groups in total. The molecule has 2 atom stereocenters. The average Bonchev–Trinajstić information content (AvgIpc) is 2.94. The van der Waals surface area contributed by atoms with E-state index in [9.17, 15) is 4.79 Å². The number of benzene rings is 1. The zero-order valence-corrected chi connectivity index (χ0v) is 14.5. The molecule has 1 aromatic heterocycles. The van der Waals surface area contributed by atoms with Gasteiger partial charge < -0.3 is 14.4 Å². The fourth-order valence-electron chi connectivity index (χ4n) is 3.18. The smallest absolute Gasteiger partial charge is 0.257 e. The minimum absolute atomic E-state index is 0.00403. The lowest BCUT2D eigenvalue weighted by Crippen LogP contribution is -2.48. The van der Waals surface area contributed by atoms with Crippen molar-refractivity contribution in [3.05, 3.63) is 41.7 Å². The molecule has 1 amide bonds. The first-order valence-electron chi connectivity index (χ1n) is 8.14. The second-order valence-corrected chi connectivity index (χ2v) is 6.19. The van der Waals surface area contributed by atoms with Gasteiger partial charge in [-0.15, -0.1) is 0 Å². The third-order valence-corrected chi connectivity index (χ3v) is 4.26. The molecule has 0 bridgehead atoms. The van der Waals surface area contributed by atoms with Gasteiger partial charge in [0.1, 0.15) is 11.4 Å². The number of rotatable bonds is 3. The van der Waals surface area contributed by atoms with E-state index >= 15 is 0 Å². The van der Waals surface area contributed by atoms with Gasteiger partial charge in [-0.3, -0.25) is 4.79 Å². The highest BCUT2D eigenvalue weighted by Crippen LogP contribution is 2.25. The zero-order valence-electron chi connectivity index (χ0n) is 14.5. The number of para-hydroxylation sites is 2. The quantitative estimate of drug-likeness (QED) is 0.868. The van der Waals surface area contributed by atoms with Crippen molar-refractivity contribution in [2.45, 2.75) is 33.0 Å². The van der Waals surface area contributed by atoms with E-state index in [1.165, 1.54) is 0 Å². The minimum Gasteiger partial charge on any atom is -0.494 e. The number of aromatic nitrogens is 2. The van der Waals surface area contributed by atoms with Crippen LogP contribution in [0.1, 0.15) is 29.9 Å². The van der Waals surface area contributed by atoms with Crippen molar-refractivity contribution in [1.82, 2.24) is 14.7 Å². The van der Waals surface area contributed by atoms with E-state index in [0.717, 1.165) is 17.1 Å². The first-order valence-corrected chi connectivity index (χ1v) is 8.14. The third-order valence-electron chi connectivity index (χ3n) is 4.26. The molecule has 0 aliphatic carbocycles. The predicted octanol–water partition coefficient (Wildman–Crippen LogP) is 2.44. The van der Waals surface area contributed by atoms with Gasteiger partial charge in [-0.25, -0.2) is 4.68 Å². The Morgan fingerprint density at radius 2 is 1.92 bits per heavy atom. The van der Waals surface area contributed by atoms with Crippen LogP contribution in [0.5, 0.6) is 5.75 Å². The second-order valence-electron chi connectivity index (χ2n) is 6.19. The van der Waals surface area contributed by atoms with Crippen molar-refractivity contribution in [1.29, 1.82) is 0 Å². The SMILES string of the molecule is COc1ccccc1-n1ncc(C(=O)N2C[C@@H](C)O[C@@H](C)C2)c1C. The van der Waals surface area contributed by atoms with Crippen LogP contribution in [0.15, 0.2) is 30.5 Å². The van der Waals surface area contributed by atoms with Gasteiger partial charge in [0.25, 0.3) is 5.91 Å². The van der Waals surface area contributed by atoms with Crippen molar-refractivity contribution in [2.24, 2.45) is 0 Å².